The Morgan fingerprint density at radius 2 is 1.93 bits per heavy atom. The number of carbonyl (C=O) groups excluding carboxylic acids is 2. The zero-order valence-electron chi connectivity index (χ0n) is 15.9. The van der Waals surface area contributed by atoms with E-state index in [0.717, 1.165) is 12.8 Å². The Labute approximate surface area is 160 Å². The lowest BCUT2D eigenvalue weighted by Gasteiger charge is -2.35. The third-order valence-electron chi connectivity index (χ3n) is 4.64. The fourth-order valence-electron chi connectivity index (χ4n) is 3.17. The maximum atomic E-state index is 12.1. The fraction of sp³-hybridized carbons (Fsp3) is 0.600. The summed E-state index contributed by atoms with van der Waals surface area (Å²) >= 11 is 0. The number of aliphatic hydroxyl groups excluding tert-OH is 1. The molecule has 0 aromatic heterocycles. The summed E-state index contributed by atoms with van der Waals surface area (Å²) in [5.41, 5.74) is 1.18. The SMILES string of the molecule is CCCNC(=O)N[C@@H]1CC[C@@H](CC(=O)NCCc2ccccc2)O[C@H]1CO. The predicted octanol–water partition coefficient (Wildman–Crippen LogP) is 1.35. The van der Waals surface area contributed by atoms with Crippen LogP contribution in [-0.4, -0.2) is 55.0 Å². The van der Waals surface area contributed by atoms with Gasteiger partial charge in [0.2, 0.25) is 5.91 Å². The van der Waals surface area contributed by atoms with Gasteiger partial charge >= 0.3 is 6.03 Å². The summed E-state index contributed by atoms with van der Waals surface area (Å²) in [4.78, 5) is 23.9. The summed E-state index contributed by atoms with van der Waals surface area (Å²) in [7, 11) is 0. The van der Waals surface area contributed by atoms with E-state index in [1.165, 1.54) is 5.56 Å². The van der Waals surface area contributed by atoms with E-state index < -0.39 is 6.10 Å². The number of aliphatic hydroxyl groups is 1. The third-order valence-corrected chi connectivity index (χ3v) is 4.64. The molecule has 1 aromatic rings. The molecule has 150 valence electrons. The number of urea groups is 1. The molecule has 1 aromatic carbocycles. The lowest BCUT2D eigenvalue weighted by molar-refractivity contribution is -0.130. The van der Waals surface area contributed by atoms with Crippen LogP contribution in [0.2, 0.25) is 0 Å². The van der Waals surface area contributed by atoms with Gasteiger partial charge in [-0.25, -0.2) is 4.79 Å². The molecule has 3 amide bonds. The number of hydrogen-bond acceptors (Lipinski definition) is 4. The first-order valence-electron chi connectivity index (χ1n) is 9.73. The van der Waals surface area contributed by atoms with Gasteiger partial charge in [-0.15, -0.1) is 0 Å². The van der Waals surface area contributed by atoms with E-state index in [1.54, 1.807) is 0 Å². The number of nitrogens with one attached hydrogen (secondary N) is 3. The smallest absolute Gasteiger partial charge is 0.315 e. The van der Waals surface area contributed by atoms with Crippen LogP contribution in [0.4, 0.5) is 4.79 Å². The van der Waals surface area contributed by atoms with Crippen molar-refractivity contribution in [2.75, 3.05) is 19.7 Å². The second-order valence-electron chi connectivity index (χ2n) is 6.85. The molecule has 4 N–H and O–H groups in total. The molecule has 2 rings (SSSR count). The van der Waals surface area contributed by atoms with Crippen molar-refractivity contribution in [3.63, 3.8) is 0 Å². The molecule has 7 nitrogen and oxygen atoms in total. The van der Waals surface area contributed by atoms with Gasteiger partial charge in [-0.3, -0.25) is 4.79 Å². The quantitative estimate of drug-likeness (QED) is 0.522. The average molecular weight is 377 g/mol. The number of ether oxygens (including phenoxy) is 1. The average Bonchev–Trinajstić information content (AvgIpc) is 2.68. The second kappa shape index (κ2) is 11.6. The van der Waals surface area contributed by atoms with Crippen LogP contribution in [0, 0.1) is 0 Å². The minimum Gasteiger partial charge on any atom is -0.394 e. The number of hydrogen-bond donors (Lipinski definition) is 4. The van der Waals surface area contributed by atoms with Crippen molar-refractivity contribution in [1.82, 2.24) is 16.0 Å². The Morgan fingerprint density at radius 1 is 1.15 bits per heavy atom. The van der Waals surface area contributed by atoms with Crippen molar-refractivity contribution in [2.24, 2.45) is 0 Å². The second-order valence-corrected chi connectivity index (χ2v) is 6.85. The monoisotopic (exact) mass is 377 g/mol. The van der Waals surface area contributed by atoms with Crippen LogP contribution in [0.5, 0.6) is 0 Å². The van der Waals surface area contributed by atoms with E-state index in [-0.39, 0.29) is 37.1 Å². The van der Waals surface area contributed by atoms with Crippen molar-refractivity contribution in [3.05, 3.63) is 35.9 Å². The van der Waals surface area contributed by atoms with Gasteiger partial charge in [-0.2, -0.15) is 0 Å². The third kappa shape index (κ3) is 7.56. The Kier molecular flexibility index (Phi) is 9.07. The van der Waals surface area contributed by atoms with Gasteiger partial charge in [0.1, 0.15) is 6.10 Å². The number of rotatable bonds is 9. The van der Waals surface area contributed by atoms with Gasteiger partial charge in [-0.1, -0.05) is 37.3 Å². The molecule has 1 saturated heterocycles. The molecule has 0 saturated carbocycles. The highest BCUT2D eigenvalue weighted by Gasteiger charge is 2.32. The number of amides is 3. The fourth-order valence-corrected chi connectivity index (χ4v) is 3.17. The van der Waals surface area contributed by atoms with Gasteiger partial charge in [0.15, 0.2) is 0 Å². The van der Waals surface area contributed by atoms with Crippen molar-refractivity contribution in [1.29, 1.82) is 0 Å². The van der Waals surface area contributed by atoms with Gasteiger partial charge in [-0.05, 0) is 31.2 Å². The molecule has 1 fully saturated rings. The Morgan fingerprint density at radius 3 is 2.63 bits per heavy atom. The van der Waals surface area contributed by atoms with Crippen molar-refractivity contribution in [2.45, 2.75) is 57.3 Å². The van der Waals surface area contributed by atoms with Crippen LogP contribution in [0.3, 0.4) is 0 Å². The van der Waals surface area contributed by atoms with Gasteiger partial charge in [0.05, 0.1) is 25.2 Å². The molecule has 0 radical (unpaired) electrons. The van der Waals surface area contributed by atoms with E-state index in [1.807, 2.05) is 37.3 Å². The van der Waals surface area contributed by atoms with Crippen LogP contribution >= 0.6 is 0 Å². The highest BCUT2D eigenvalue weighted by molar-refractivity contribution is 5.76. The Balaban J connectivity index is 1.70. The van der Waals surface area contributed by atoms with Gasteiger partial charge < -0.3 is 25.8 Å². The number of benzene rings is 1. The summed E-state index contributed by atoms with van der Waals surface area (Å²) in [6, 6.07) is 9.50. The van der Waals surface area contributed by atoms with Crippen molar-refractivity contribution >= 4 is 11.9 Å². The van der Waals surface area contributed by atoms with E-state index in [4.69, 9.17) is 4.74 Å². The largest absolute Gasteiger partial charge is 0.394 e. The summed E-state index contributed by atoms with van der Waals surface area (Å²) in [5.74, 6) is -0.0558. The molecule has 3 atom stereocenters. The summed E-state index contributed by atoms with van der Waals surface area (Å²) in [5, 5.41) is 18.1. The summed E-state index contributed by atoms with van der Waals surface area (Å²) in [6.45, 7) is 2.98. The zero-order chi connectivity index (χ0) is 19.5. The van der Waals surface area contributed by atoms with Crippen molar-refractivity contribution < 1.29 is 19.4 Å². The maximum Gasteiger partial charge on any atom is 0.315 e. The highest BCUT2D eigenvalue weighted by atomic mass is 16.5. The number of carbonyl (C=O) groups is 2. The first-order valence-corrected chi connectivity index (χ1v) is 9.73. The molecular formula is C20H31N3O4. The predicted molar refractivity (Wildman–Crippen MR) is 103 cm³/mol. The van der Waals surface area contributed by atoms with Crippen LogP contribution in [0.1, 0.15) is 38.2 Å². The topological polar surface area (TPSA) is 99.7 Å². The molecule has 0 bridgehead atoms. The molecule has 1 aliphatic heterocycles. The standard InChI is InChI=1S/C20H31N3O4/c1-2-11-22-20(26)23-17-9-8-16(27-18(17)14-24)13-19(25)21-12-10-15-6-4-3-5-7-15/h3-7,16-18,24H,2,8-14H2,1H3,(H,21,25)(H2,22,23,26)/t16-,17+,18-/m0/s1. The lowest BCUT2D eigenvalue weighted by atomic mass is 9.97. The Hall–Kier alpha value is -2.12. The normalized spacial score (nSPS) is 22.1. The molecule has 1 aliphatic rings. The van der Waals surface area contributed by atoms with E-state index in [2.05, 4.69) is 16.0 Å². The van der Waals surface area contributed by atoms with Crippen molar-refractivity contribution in [3.8, 4) is 0 Å². The van der Waals surface area contributed by atoms with Crippen LogP contribution in [0.15, 0.2) is 30.3 Å². The summed E-state index contributed by atoms with van der Waals surface area (Å²) < 4.78 is 5.84. The van der Waals surface area contributed by atoms with E-state index in [9.17, 15) is 14.7 Å². The Bertz CT molecular complexity index is 582. The molecule has 7 heteroatoms. The van der Waals surface area contributed by atoms with E-state index >= 15 is 0 Å². The minimum absolute atomic E-state index is 0.0558. The van der Waals surface area contributed by atoms with Crippen LogP contribution < -0.4 is 16.0 Å². The molecule has 0 aliphatic carbocycles. The van der Waals surface area contributed by atoms with Crippen LogP contribution in [0.25, 0.3) is 0 Å². The maximum absolute atomic E-state index is 12.1. The molecule has 0 unspecified atom stereocenters. The first-order chi connectivity index (χ1) is 13.1. The molecule has 1 heterocycles. The van der Waals surface area contributed by atoms with Gasteiger partial charge in [0.25, 0.3) is 0 Å². The summed E-state index contributed by atoms with van der Waals surface area (Å²) in [6.07, 6.45) is 2.52. The van der Waals surface area contributed by atoms with Crippen LogP contribution in [-0.2, 0) is 16.0 Å². The zero-order valence-corrected chi connectivity index (χ0v) is 15.9. The lowest BCUT2D eigenvalue weighted by Crippen LogP contribution is -2.53. The van der Waals surface area contributed by atoms with E-state index in [0.29, 0.717) is 25.9 Å². The van der Waals surface area contributed by atoms with Gasteiger partial charge in [0, 0.05) is 13.1 Å². The first kappa shape index (κ1) is 21.2. The molecule has 0 spiro atoms. The highest BCUT2D eigenvalue weighted by Crippen LogP contribution is 2.21. The minimum atomic E-state index is -0.492. The molecular weight excluding hydrogens is 346 g/mol. The molecule has 27 heavy (non-hydrogen) atoms.